The Hall–Kier alpha value is -2.59. The first-order valence-corrected chi connectivity index (χ1v) is 8.83. The highest BCUT2D eigenvalue weighted by molar-refractivity contribution is 5.66. The molecule has 0 saturated carbocycles. The zero-order valence-corrected chi connectivity index (χ0v) is 14.8. The fourth-order valence-corrected chi connectivity index (χ4v) is 3.60. The molecule has 4 heteroatoms. The van der Waals surface area contributed by atoms with Gasteiger partial charge in [0.1, 0.15) is 5.82 Å². The summed E-state index contributed by atoms with van der Waals surface area (Å²) < 4.78 is 2.33. The summed E-state index contributed by atoms with van der Waals surface area (Å²) in [7, 11) is 4.28. The number of nitrogens with zero attached hydrogens (tertiary/aromatic N) is 4. The molecular weight excluding hydrogens is 308 g/mol. The molecule has 4 nitrogen and oxygen atoms in total. The maximum Gasteiger partial charge on any atom is 0.140 e. The first-order valence-electron chi connectivity index (χ1n) is 8.83. The van der Waals surface area contributed by atoms with Gasteiger partial charge < -0.3 is 14.4 Å². The highest BCUT2D eigenvalue weighted by atomic mass is 15.2. The number of para-hydroxylation sites is 1. The molecule has 3 aromatic rings. The van der Waals surface area contributed by atoms with E-state index in [1.165, 1.54) is 23.4 Å². The third-order valence-corrected chi connectivity index (χ3v) is 5.08. The molecule has 1 fully saturated rings. The molecule has 0 N–H and O–H groups in total. The molecule has 0 aliphatic carbocycles. The third kappa shape index (κ3) is 3.17. The van der Waals surface area contributed by atoms with Crippen LogP contribution in [0.1, 0.15) is 12.5 Å². The molecule has 4 rings (SSSR count). The van der Waals surface area contributed by atoms with Crippen LogP contribution in [-0.2, 0) is 0 Å². The number of benzene rings is 2. The molecule has 1 atom stereocenters. The SMILES string of the molecule is CN1CCC(n2ccnc2-c2ccc(N(C)c3ccccc3)cc2)C1. The van der Waals surface area contributed by atoms with Crippen LogP contribution in [-0.4, -0.2) is 41.6 Å². The minimum absolute atomic E-state index is 0.522. The lowest BCUT2D eigenvalue weighted by Crippen LogP contribution is -2.16. The number of likely N-dealkylation sites (tertiary alicyclic amines) is 1. The van der Waals surface area contributed by atoms with E-state index in [1.807, 2.05) is 12.3 Å². The second kappa shape index (κ2) is 6.73. The summed E-state index contributed by atoms with van der Waals surface area (Å²) in [6, 6.07) is 19.6. The van der Waals surface area contributed by atoms with Gasteiger partial charge in [-0.2, -0.15) is 0 Å². The topological polar surface area (TPSA) is 24.3 Å². The van der Waals surface area contributed by atoms with Gasteiger partial charge in [0, 0.05) is 49.0 Å². The van der Waals surface area contributed by atoms with E-state index in [9.17, 15) is 0 Å². The summed E-state index contributed by atoms with van der Waals surface area (Å²) in [6.07, 6.45) is 5.22. The zero-order valence-electron chi connectivity index (χ0n) is 14.8. The maximum atomic E-state index is 4.62. The number of likely N-dealkylation sites (N-methyl/N-ethyl adjacent to an activating group) is 1. The van der Waals surface area contributed by atoms with Crippen LogP contribution in [0.2, 0.25) is 0 Å². The Morgan fingerprint density at radius 2 is 1.72 bits per heavy atom. The average Bonchev–Trinajstić information content (AvgIpc) is 3.31. The molecule has 2 aromatic carbocycles. The van der Waals surface area contributed by atoms with E-state index in [0.717, 1.165) is 18.9 Å². The highest BCUT2D eigenvalue weighted by Crippen LogP contribution is 2.29. The fraction of sp³-hybridized carbons (Fsp3) is 0.286. The van der Waals surface area contributed by atoms with Gasteiger partial charge in [0.05, 0.1) is 0 Å². The molecule has 0 radical (unpaired) electrons. The summed E-state index contributed by atoms with van der Waals surface area (Å²) in [4.78, 5) is 9.20. The van der Waals surface area contributed by atoms with Crippen molar-refractivity contribution in [3.8, 4) is 11.4 Å². The molecule has 25 heavy (non-hydrogen) atoms. The lowest BCUT2D eigenvalue weighted by Gasteiger charge is -2.20. The summed E-state index contributed by atoms with van der Waals surface area (Å²) in [5, 5.41) is 0. The van der Waals surface area contributed by atoms with E-state index in [2.05, 4.69) is 88.2 Å². The molecule has 1 aliphatic heterocycles. The van der Waals surface area contributed by atoms with Crippen LogP contribution in [0, 0.1) is 0 Å². The van der Waals surface area contributed by atoms with E-state index in [1.54, 1.807) is 0 Å². The van der Waals surface area contributed by atoms with Crippen LogP contribution >= 0.6 is 0 Å². The molecule has 1 unspecified atom stereocenters. The molecule has 1 aromatic heterocycles. The van der Waals surface area contributed by atoms with Gasteiger partial charge in [0.25, 0.3) is 0 Å². The van der Waals surface area contributed by atoms with Crippen molar-refractivity contribution in [2.45, 2.75) is 12.5 Å². The summed E-state index contributed by atoms with van der Waals surface area (Å²) in [5.74, 6) is 1.06. The highest BCUT2D eigenvalue weighted by Gasteiger charge is 2.23. The fourth-order valence-electron chi connectivity index (χ4n) is 3.60. The Morgan fingerprint density at radius 1 is 1.00 bits per heavy atom. The van der Waals surface area contributed by atoms with Crippen LogP contribution in [0.5, 0.6) is 0 Å². The third-order valence-electron chi connectivity index (χ3n) is 5.08. The smallest absolute Gasteiger partial charge is 0.140 e. The van der Waals surface area contributed by atoms with Crippen LogP contribution < -0.4 is 4.90 Å². The summed E-state index contributed by atoms with van der Waals surface area (Å²) in [6.45, 7) is 2.25. The second-order valence-corrected chi connectivity index (χ2v) is 6.80. The van der Waals surface area contributed by atoms with Crippen molar-refractivity contribution < 1.29 is 0 Å². The van der Waals surface area contributed by atoms with E-state index in [0.29, 0.717) is 6.04 Å². The Kier molecular flexibility index (Phi) is 4.28. The number of aromatic nitrogens is 2. The minimum Gasteiger partial charge on any atom is -0.345 e. The lowest BCUT2D eigenvalue weighted by atomic mass is 10.1. The molecule has 1 saturated heterocycles. The Labute approximate surface area is 149 Å². The Morgan fingerprint density at radius 3 is 2.40 bits per heavy atom. The molecule has 0 amide bonds. The van der Waals surface area contributed by atoms with Gasteiger partial charge in [-0.3, -0.25) is 0 Å². The lowest BCUT2D eigenvalue weighted by molar-refractivity contribution is 0.393. The quantitative estimate of drug-likeness (QED) is 0.716. The molecular formula is C21H24N4. The molecule has 1 aliphatic rings. The van der Waals surface area contributed by atoms with Crippen molar-refractivity contribution in [2.24, 2.45) is 0 Å². The van der Waals surface area contributed by atoms with E-state index < -0.39 is 0 Å². The second-order valence-electron chi connectivity index (χ2n) is 6.80. The predicted octanol–water partition coefficient (Wildman–Crippen LogP) is 4.19. The molecule has 2 heterocycles. The Balaban J connectivity index is 1.58. The van der Waals surface area contributed by atoms with Crippen LogP contribution in [0.3, 0.4) is 0 Å². The van der Waals surface area contributed by atoms with Gasteiger partial charge in [-0.15, -0.1) is 0 Å². The van der Waals surface area contributed by atoms with Crippen LogP contribution in [0.4, 0.5) is 11.4 Å². The monoisotopic (exact) mass is 332 g/mol. The number of hydrogen-bond acceptors (Lipinski definition) is 3. The number of rotatable bonds is 4. The maximum absolute atomic E-state index is 4.62. The Bertz CT molecular complexity index is 823. The van der Waals surface area contributed by atoms with Crippen molar-refractivity contribution in [2.75, 3.05) is 32.1 Å². The van der Waals surface area contributed by atoms with Crippen molar-refractivity contribution >= 4 is 11.4 Å². The standard InChI is InChI=1S/C21H24N4/c1-23-14-12-20(16-23)25-15-13-22-21(25)17-8-10-19(11-9-17)24(2)18-6-4-3-5-7-18/h3-11,13,15,20H,12,14,16H2,1-2H3. The van der Waals surface area contributed by atoms with Crippen molar-refractivity contribution in [3.63, 3.8) is 0 Å². The van der Waals surface area contributed by atoms with Gasteiger partial charge >= 0.3 is 0 Å². The van der Waals surface area contributed by atoms with E-state index in [-0.39, 0.29) is 0 Å². The van der Waals surface area contributed by atoms with Crippen molar-refractivity contribution in [1.82, 2.24) is 14.5 Å². The molecule has 128 valence electrons. The van der Waals surface area contributed by atoms with Gasteiger partial charge in [-0.25, -0.2) is 4.98 Å². The minimum atomic E-state index is 0.522. The van der Waals surface area contributed by atoms with Crippen molar-refractivity contribution in [3.05, 3.63) is 67.0 Å². The van der Waals surface area contributed by atoms with Gasteiger partial charge in [-0.05, 0) is 56.4 Å². The first-order chi connectivity index (χ1) is 12.2. The number of anilines is 2. The largest absolute Gasteiger partial charge is 0.345 e. The van der Waals surface area contributed by atoms with Crippen LogP contribution in [0.15, 0.2) is 67.0 Å². The number of imidazole rings is 1. The van der Waals surface area contributed by atoms with Gasteiger partial charge in [-0.1, -0.05) is 18.2 Å². The first kappa shape index (κ1) is 15.9. The summed E-state index contributed by atoms with van der Waals surface area (Å²) >= 11 is 0. The zero-order chi connectivity index (χ0) is 17.2. The van der Waals surface area contributed by atoms with E-state index >= 15 is 0 Å². The molecule has 0 bridgehead atoms. The van der Waals surface area contributed by atoms with Crippen LogP contribution in [0.25, 0.3) is 11.4 Å². The van der Waals surface area contributed by atoms with Crippen molar-refractivity contribution in [1.29, 1.82) is 0 Å². The van der Waals surface area contributed by atoms with Gasteiger partial charge in [0.15, 0.2) is 0 Å². The normalized spacial score (nSPS) is 17.8. The van der Waals surface area contributed by atoms with E-state index in [4.69, 9.17) is 0 Å². The predicted molar refractivity (Wildman–Crippen MR) is 103 cm³/mol. The molecule has 0 spiro atoms. The number of hydrogen-bond donors (Lipinski definition) is 0. The summed E-state index contributed by atoms with van der Waals surface area (Å²) in [5.41, 5.74) is 3.53. The van der Waals surface area contributed by atoms with Gasteiger partial charge in [0.2, 0.25) is 0 Å². The average molecular weight is 332 g/mol.